The summed E-state index contributed by atoms with van der Waals surface area (Å²) in [4.78, 5) is 11.8. The number of aliphatic hydroxyl groups excluding tert-OH is 1. The smallest absolute Gasteiger partial charge is 0.224 e. The average molecular weight is 259 g/mol. The van der Waals surface area contributed by atoms with E-state index in [1.807, 2.05) is 39.0 Å². The highest BCUT2D eigenvalue weighted by Gasteiger charge is 2.08. The standard InChI is InChI=1S/C16H21NO2/c1-12(2)10-16(19)17-15-11-13(3)7-8-14(15)6-4-5-9-18/h7-8,11-12,18H,5,9-10H2,1-3H3,(H,17,19). The molecule has 0 spiro atoms. The van der Waals surface area contributed by atoms with Crippen molar-refractivity contribution >= 4 is 11.6 Å². The molecule has 0 aliphatic rings. The molecule has 1 rings (SSSR count). The second kappa shape index (κ2) is 7.60. The van der Waals surface area contributed by atoms with Crippen LogP contribution in [0.4, 0.5) is 5.69 Å². The number of carbonyl (C=O) groups excluding carboxylic acids is 1. The lowest BCUT2D eigenvalue weighted by molar-refractivity contribution is -0.116. The van der Waals surface area contributed by atoms with Gasteiger partial charge in [-0.3, -0.25) is 4.79 Å². The maximum absolute atomic E-state index is 11.8. The van der Waals surface area contributed by atoms with Crippen molar-refractivity contribution in [2.45, 2.75) is 33.6 Å². The predicted molar refractivity (Wildman–Crippen MR) is 77.8 cm³/mol. The van der Waals surface area contributed by atoms with Gasteiger partial charge in [-0.2, -0.15) is 0 Å². The summed E-state index contributed by atoms with van der Waals surface area (Å²) in [6, 6.07) is 5.77. The van der Waals surface area contributed by atoms with Gasteiger partial charge in [0, 0.05) is 18.4 Å². The van der Waals surface area contributed by atoms with Gasteiger partial charge in [0.25, 0.3) is 0 Å². The van der Waals surface area contributed by atoms with Crippen molar-refractivity contribution in [3.05, 3.63) is 29.3 Å². The third kappa shape index (κ3) is 5.58. The first kappa shape index (κ1) is 15.3. The summed E-state index contributed by atoms with van der Waals surface area (Å²) in [6.07, 6.45) is 0.935. The maximum atomic E-state index is 11.8. The van der Waals surface area contributed by atoms with Crippen molar-refractivity contribution in [1.29, 1.82) is 0 Å². The molecule has 0 saturated carbocycles. The largest absolute Gasteiger partial charge is 0.395 e. The van der Waals surface area contributed by atoms with Crippen molar-refractivity contribution in [3.8, 4) is 11.8 Å². The predicted octanol–water partition coefficient (Wildman–Crippen LogP) is 2.71. The molecule has 0 aliphatic heterocycles. The Bertz CT molecular complexity index is 495. The lowest BCUT2D eigenvalue weighted by atomic mass is 10.1. The highest BCUT2D eigenvalue weighted by Crippen LogP contribution is 2.17. The van der Waals surface area contributed by atoms with Crippen molar-refractivity contribution in [1.82, 2.24) is 0 Å². The first-order chi connectivity index (χ1) is 9.02. The van der Waals surface area contributed by atoms with Gasteiger partial charge in [0.05, 0.1) is 12.3 Å². The van der Waals surface area contributed by atoms with Gasteiger partial charge in [-0.25, -0.2) is 0 Å². The van der Waals surface area contributed by atoms with Gasteiger partial charge in [-0.1, -0.05) is 31.8 Å². The molecule has 0 aromatic heterocycles. The van der Waals surface area contributed by atoms with Gasteiger partial charge in [-0.05, 0) is 30.5 Å². The Kier molecular flexibility index (Phi) is 6.11. The highest BCUT2D eigenvalue weighted by molar-refractivity contribution is 5.92. The van der Waals surface area contributed by atoms with E-state index in [0.29, 0.717) is 18.8 Å². The molecule has 0 unspecified atom stereocenters. The lowest BCUT2D eigenvalue weighted by Gasteiger charge is -2.10. The first-order valence-electron chi connectivity index (χ1n) is 6.53. The number of hydrogen-bond donors (Lipinski definition) is 2. The fraction of sp³-hybridized carbons (Fsp3) is 0.438. The monoisotopic (exact) mass is 259 g/mol. The fourth-order valence-corrected chi connectivity index (χ4v) is 1.66. The second-order valence-electron chi connectivity index (χ2n) is 4.97. The minimum atomic E-state index is 0.00538. The Hall–Kier alpha value is -1.79. The van der Waals surface area contributed by atoms with Gasteiger partial charge in [0.15, 0.2) is 0 Å². The van der Waals surface area contributed by atoms with Crippen LogP contribution in [0.5, 0.6) is 0 Å². The van der Waals surface area contributed by atoms with Crippen LogP contribution in [-0.4, -0.2) is 17.6 Å². The van der Waals surface area contributed by atoms with E-state index >= 15 is 0 Å². The van der Waals surface area contributed by atoms with Crippen molar-refractivity contribution < 1.29 is 9.90 Å². The third-order valence-corrected chi connectivity index (χ3v) is 2.50. The Balaban J connectivity index is 2.89. The summed E-state index contributed by atoms with van der Waals surface area (Å²) in [6.45, 7) is 6.05. The fourth-order valence-electron chi connectivity index (χ4n) is 1.66. The maximum Gasteiger partial charge on any atom is 0.224 e. The lowest BCUT2D eigenvalue weighted by Crippen LogP contribution is -2.14. The topological polar surface area (TPSA) is 49.3 Å². The quantitative estimate of drug-likeness (QED) is 0.817. The summed E-state index contributed by atoms with van der Waals surface area (Å²) in [5.74, 6) is 6.18. The molecular formula is C16H21NO2. The Morgan fingerprint density at radius 3 is 2.79 bits per heavy atom. The number of hydrogen-bond acceptors (Lipinski definition) is 2. The zero-order chi connectivity index (χ0) is 14.3. The minimum Gasteiger partial charge on any atom is -0.395 e. The van der Waals surface area contributed by atoms with E-state index in [9.17, 15) is 4.79 Å². The highest BCUT2D eigenvalue weighted by atomic mass is 16.2. The zero-order valence-electron chi connectivity index (χ0n) is 11.8. The summed E-state index contributed by atoms with van der Waals surface area (Å²) in [5.41, 5.74) is 2.61. The number of aryl methyl sites for hydroxylation is 1. The van der Waals surface area contributed by atoms with Gasteiger partial charge in [0.1, 0.15) is 0 Å². The van der Waals surface area contributed by atoms with Crippen LogP contribution in [0.1, 0.15) is 37.8 Å². The van der Waals surface area contributed by atoms with Crippen LogP contribution in [0.15, 0.2) is 18.2 Å². The first-order valence-corrected chi connectivity index (χ1v) is 6.53. The van der Waals surface area contributed by atoms with E-state index in [1.165, 1.54) is 0 Å². The Morgan fingerprint density at radius 1 is 1.42 bits per heavy atom. The average Bonchev–Trinajstić information content (AvgIpc) is 2.31. The number of aliphatic hydroxyl groups is 1. The molecule has 0 radical (unpaired) electrons. The van der Waals surface area contributed by atoms with Gasteiger partial charge in [0.2, 0.25) is 5.91 Å². The minimum absolute atomic E-state index is 0.00538. The molecule has 0 saturated heterocycles. The molecular weight excluding hydrogens is 238 g/mol. The summed E-state index contributed by atoms with van der Waals surface area (Å²) < 4.78 is 0. The van der Waals surface area contributed by atoms with E-state index in [4.69, 9.17) is 5.11 Å². The molecule has 0 heterocycles. The molecule has 0 atom stereocenters. The second-order valence-corrected chi connectivity index (χ2v) is 4.97. The summed E-state index contributed by atoms with van der Waals surface area (Å²) in [5, 5.41) is 11.6. The number of amides is 1. The van der Waals surface area contributed by atoms with Crippen LogP contribution >= 0.6 is 0 Å². The summed E-state index contributed by atoms with van der Waals surface area (Å²) in [7, 11) is 0. The van der Waals surface area contributed by atoms with Crippen LogP contribution in [0, 0.1) is 24.7 Å². The Morgan fingerprint density at radius 2 is 2.16 bits per heavy atom. The zero-order valence-corrected chi connectivity index (χ0v) is 11.8. The number of carbonyl (C=O) groups is 1. The normalized spacial score (nSPS) is 9.95. The van der Waals surface area contributed by atoms with E-state index in [2.05, 4.69) is 17.2 Å². The van der Waals surface area contributed by atoms with E-state index in [0.717, 1.165) is 16.8 Å². The molecule has 0 aliphatic carbocycles. The molecule has 0 bridgehead atoms. The van der Waals surface area contributed by atoms with Crippen molar-refractivity contribution in [2.24, 2.45) is 5.92 Å². The molecule has 3 heteroatoms. The van der Waals surface area contributed by atoms with Crippen molar-refractivity contribution in [2.75, 3.05) is 11.9 Å². The van der Waals surface area contributed by atoms with E-state index in [-0.39, 0.29) is 12.5 Å². The molecule has 102 valence electrons. The number of rotatable bonds is 4. The summed E-state index contributed by atoms with van der Waals surface area (Å²) >= 11 is 0. The Labute approximate surface area is 115 Å². The molecule has 19 heavy (non-hydrogen) atoms. The molecule has 0 fully saturated rings. The number of anilines is 1. The molecule has 3 nitrogen and oxygen atoms in total. The van der Waals surface area contributed by atoms with Gasteiger partial charge in [-0.15, -0.1) is 0 Å². The van der Waals surface area contributed by atoms with Crippen LogP contribution in [-0.2, 0) is 4.79 Å². The SMILES string of the molecule is Cc1ccc(C#CCCO)c(NC(=O)CC(C)C)c1. The third-order valence-electron chi connectivity index (χ3n) is 2.50. The molecule has 1 aromatic carbocycles. The van der Waals surface area contributed by atoms with Crippen LogP contribution < -0.4 is 5.32 Å². The van der Waals surface area contributed by atoms with Crippen LogP contribution in [0.25, 0.3) is 0 Å². The number of benzene rings is 1. The van der Waals surface area contributed by atoms with Gasteiger partial charge < -0.3 is 10.4 Å². The van der Waals surface area contributed by atoms with Crippen molar-refractivity contribution in [3.63, 3.8) is 0 Å². The van der Waals surface area contributed by atoms with Gasteiger partial charge >= 0.3 is 0 Å². The van der Waals surface area contributed by atoms with Crippen LogP contribution in [0.3, 0.4) is 0 Å². The van der Waals surface area contributed by atoms with Crippen LogP contribution in [0.2, 0.25) is 0 Å². The number of nitrogens with one attached hydrogen (secondary N) is 1. The molecule has 2 N–H and O–H groups in total. The molecule has 1 aromatic rings. The molecule has 1 amide bonds. The van der Waals surface area contributed by atoms with E-state index < -0.39 is 0 Å². The van der Waals surface area contributed by atoms with E-state index in [1.54, 1.807) is 0 Å².